The quantitative estimate of drug-likeness (QED) is 0.820. The molecule has 0 bridgehead atoms. The molecule has 0 aliphatic heterocycles. The summed E-state index contributed by atoms with van der Waals surface area (Å²) in [5.74, 6) is -1.72. The molecule has 1 heterocycles. The van der Waals surface area contributed by atoms with Crippen molar-refractivity contribution in [2.45, 2.75) is 6.92 Å². The fourth-order valence-electron chi connectivity index (χ4n) is 2.02. The highest BCUT2D eigenvalue weighted by atomic mass is 32.1. The number of rotatable bonds is 7. The third kappa shape index (κ3) is 3.61. The summed E-state index contributed by atoms with van der Waals surface area (Å²) in [6.07, 6.45) is 0. The van der Waals surface area contributed by atoms with E-state index in [9.17, 15) is 9.18 Å². The first-order chi connectivity index (χ1) is 10.6. The molecule has 0 spiro atoms. The topological polar surface area (TPSA) is 65.5 Å². The number of carboxylic acid groups (broad SMARTS) is 1. The lowest BCUT2D eigenvalue weighted by molar-refractivity contribution is 0.0696. The summed E-state index contributed by atoms with van der Waals surface area (Å²) < 4.78 is 14.1. The number of benzene rings is 1. The van der Waals surface area contributed by atoms with Crippen molar-refractivity contribution in [2.75, 3.05) is 31.6 Å². The molecular formula is C15H18FN3O2S. The molecule has 2 rings (SSSR count). The van der Waals surface area contributed by atoms with Crippen molar-refractivity contribution >= 4 is 22.4 Å². The van der Waals surface area contributed by atoms with Gasteiger partial charge in [-0.15, -0.1) is 11.3 Å². The zero-order valence-electron chi connectivity index (χ0n) is 12.5. The first-order valence-electron chi connectivity index (χ1n) is 6.95. The maximum absolute atomic E-state index is 14.1. The number of hydrogen-bond donors (Lipinski definition) is 2. The van der Waals surface area contributed by atoms with E-state index < -0.39 is 11.8 Å². The molecule has 0 aliphatic carbocycles. The number of carbonyl (C=O) groups is 1. The number of nitrogens with one attached hydrogen (secondary N) is 1. The number of likely N-dealkylation sites (N-methyl/N-ethyl adjacent to an activating group) is 2. The van der Waals surface area contributed by atoms with Gasteiger partial charge in [0.1, 0.15) is 5.82 Å². The van der Waals surface area contributed by atoms with Gasteiger partial charge < -0.3 is 15.3 Å². The van der Waals surface area contributed by atoms with Crippen LogP contribution in [-0.4, -0.2) is 42.7 Å². The van der Waals surface area contributed by atoms with Crippen LogP contribution in [0.1, 0.15) is 17.3 Å². The molecule has 0 radical (unpaired) electrons. The van der Waals surface area contributed by atoms with E-state index in [1.807, 2.05) is 14.0 Å². The van der Waals surface area contributed by atoms with Gasteiger partial charge in [0.25, 0.3) is 0 Å². The van der Waals surface area contributed by atoms with Crippen molar-refractivity contribution in [1.29, 1.82) is 0 Å². The lowest BCUT2D eigenvalue weighted by Gasteiger charge is -2.19. The smallest absolute Gasteiger partial charge is 0.335 e. The van der Waals surface area contributed by atoms with E-state index in [-0.39, 0.29) is 5.56 Å². The van der Waals surface area contributed by atoms with Crippen LogP contribution in [0, 0.1) is 5.82 Å². The minimum atomic E-state index is -1.14. The second-order valence-electron chi connectivity index (χ2n) is 4.70. The van der Waals surface area contributed by atoms with Crippen molar-refractivity contribution in [1.82, 2.24) is 10.3 Å². The molecule has 0 saturated heterocycles. The molecule has 0 atom stereocenters. The SMILES string of the molecule is CCN(CCNC)c1nc(-c2ccc(C(=O)O)cc2F)cs1. The average Bonchev–Trinajstić information content (AvgIpc) is 2.97. The van der Waals surface area contributed by atoms with Gasteiger partial charge in [-0.25, -0.2) is 14.2 Å². The van der Waals surface area contributed by atoms with Gasteiger partial charge in [-0.3, -0.25) is 0 Å². The number of aromatic nitrogens is 1. The van der Waals surface area contributed by atoms with E-state index in [1.165, 1.54) is 23.5 Å². The number of thiazole rings is 1. The molecule has 5 nitrogen and oxygen atoms in total. The minimum absolute atomic E-state index is 0.0686. The predicted octanol–water partition coefficient (Wildman–Crippen LogP) is 2.69. The molecule has 22 heavy (non-hydrogen) atoms. The number of aromatic carboxylic acids is 1. The normalized spacial score (nSPS) is 10.7. The zero-order chi connectivity index (χ0) is 16.1. The highest BCUT2D eigenvalue weighted by Crippen LogP contribution is 2.29. The molecule has 118 valence electrons. The van der Waals surface area contributed by atoms with E-state index in [2.05, 4.69) is 15.2 Å². The van der Waals surface area contributed by atoms with Crippen LogP contribution >= 0.6 is 11.3 Å². The van der Waals surface area contributed by atoms with Gasteiger partial charge in [-0.05, 0) is 32.2 Å². The van der Waals surface area contributed by atoms with E-state index in [1.54, 1.807) is 5.38 Å². The lowest BCUT2D eigenvalue weighted by Crippen LogP contribution is -2.30. The van der Waals surface area contributed by atoms with Gasteiger partial charge in [0, 0.05) is 30.6 Å². The Kier molecular flexibility index (Phi) is 5.46. The Labute approximate surface area is 132 Å². The maximum Gasteiger partial charge on any atom is 0.335 e. The van der Waals surface area contributed by atoms with Crippen LogP contribution in [-0.2, 0) is 0 Å². The average molecular weight is 323 g/mol. The summed E-state index contributed by atoms with van der Waals surface area (Å²) in [4.78, 5) is 17.4. The summed E-state index contributed by atoms with van der Waals surface area (Å²) in [7, 11) is 1.89. The van der Waals surface area contributed by atoms with Crippen molar-refractivity contribution in [3.8, 4) is 11.3 Å². The summed E-state index contributed by atoms with van der Waals surface area (Å²) in [6, 6.07) is 3.87. The van der Waals surface area contributed by atoms with Crippen LogP contribution in [0.4, 0.5) is 9.52 Å². The molecule has 1 aromatic carbocycles. The first-order valence-corrected chi connectivity index (χ1v) is 7.83. The highest BCUT2D eigenvalue weighted by molar-refractivity contribution is 7.14. The van der Waals surface area contributed by atoms with Crippen LogP contribution in [0.25, 0.3) is 11.3 Å². The van der Waals surface area contributed by atoms with E-state index in [0.29, 0.717) is 11.3 Å². The zero-order valence-corrected chi connectivity index (χ0v) is 13.3. The third-order valence-electron chi connectivity index (χ3n) is 3.27. The van der Waals surface area contributed by atoms with Gasteiger partial charge in [-0.1, -0.05) is 0 Å². The summed E-state index contributed by atoms with van der Waals surface area (Å²) in [5.41, 5.74) is 0.774. The molecule has 1 aromatic heterocycles. The molecule has 0 unspecified atom stereocenters. The van der Waals surface area contributed by atoms with E-state index in [4.69, 9.17) is 5.11 Å². The Balaban J connectivity index is 2.25. The standard InChI is InChI=1S/C15H18FN3O2S/c1-3-19(7-6-17-2)15-18-13(9-22-15)11-5-4-10(14(20)21)8-12(11)16/h4-5,8-9,17H,3,6-7H2,1-2H3,(H,20,21). The van der Waals surface area contributed by atoms with Gasteiger partial charge >= 0.3 is 5.97 Å². The van der Waals surface area contributed by atoms with Gasteiger partial charge in [0.15, 0.2) is 5.13 Å². The lowest BCUT2D eigenvalue weighted by atomic mass is 10.1. The number of nitrogens with zero attached hydrogens (tertiary/aromatic N) is 2. The fraction of sp³-hybridized carbons (Fsp3) is 0.333. The van der Waals surface area contributed by atoms with Crippen LogP contribution in [0.3, 0.4) is 0 Å². The largest absolute Gasteiger partial charge is 0.478 e. The van der Waals surface area contributed by atoms with E-state index in [0.717, 1.165) is 30.8 Å². The monoisotopic (exact) mass is 323 g/mol. The number of hydrogen-bond acceptors (Lipinski definition) is 5. The molecule has 0 saturated carbocycles. The molecule has 7 heteroatoms. The van der Waals surface area contributed by atoms with Crippen molar-refractivity contribution in [3.05, 3.63) is 35.0 Å². The summed E-state index contributed by atoms with van der Waals surface area (Å²) >= 11 is 1.45. The second kappa shape index (κ2) is 7.33. The van der Waals surface area contributed by atoms with Crippen molar-refractivity contribution in [3.63, 3.8) is 0 Å². The van der Waals surface area contributed by atoms with Crippen LogP contribution in [0.15, 0.2) is 23.6 Å². The molecule has 0 aliphatic rings. The highest BCUT2D eigenvalue weighted by Gasteiger charge is 2.14. The Morgan fingerprint density at radius 3 is 2.86 bits per heavy atom. The molecular weight excluding hydrogens is 305 g/mol. The van der Waals surface area contributed by atoms with E-state index >= 15 is 0 Å². The summed E-state index contributed by atoms with van der Waals surface area (Å²) in [6.45, 7) is 4.51. The Morgan fingerprint density at radius 1 is 1.50 bits per heavy atom. The maximum atomic E-state index is 14.1. The van der Waals surface area contributed by atoms with Crippen LogP contribution in [0.2, 0.25) is 0 Å². The number of anilines is 1. The predicted molar refractivity (Wildman–Crippen MR) is 86.3 cm³/mol. The van der Waals surface area contributed by atoms with Crippen LogP contribution < -0.4 is 10.2 Å². The third-order valence-corrected chi connectivity index (χ3v) is 4.17. The Bertz CT molecular complexity index is 660. The number of carboxylic acids is 1. The van der Waals surface area contributed by atoms with Crippen LogP contribution in [0.5, 0.6) is 0 Å². The van der Waals surface area contributed by atoms with Gasteiger partial charge in [-0.2, -0.15) is 0 Å². The molecule has 0 amide bonds. The fourth-order valence-corrected chi connectivity index (χ4v) is 2.94. The Hall–Kier alpha value is -1.99. The second-order valence-corrected chi connectivity index (χ2v) is 5.53. The molecule has 0 fully saturated rings. The van der Waals surface area contributed by atoms with Crippen molar-refractivity contribution < 1.29 is 14.3 Å². The van der Waals surface area contributed by atoms with Gasteiger partial charge in [0.2, 0.25) is 0 Å². The number of halogens is 1. The first kappa shape index (κ1) is 16.4. The van der Waals surface area contributed by atoms with Gasteiger partial charge in [0.05, 0.1) is 11.3 Å². The van der Waals surface area contributed by atoms with Crippen molar-refractivity contribution in [2.24, 2.45) is 0 Å². The Morgan fingerprint density at radius 2 is 2.27 bits per heavy atom. The minimum Gasteiger partial charge on any atom is -0.478 e. The summed E-state index contributed by atoms with van der Waals surface area (Å²) in [5, 5.41) is 14.6. The molecule has 2 aromatic rings. The molecule has 2 N–H and O–H groups in total.